The maximum absolute atomic E-state index is 5.94. The lowest BCUT2D eigenvalue weighted by Crippen LogP contribution is -2.46. The number of furan rings is 1. The van der Waals surface area contributed by atoms with E-state index in [1.807, 2.05) is 6.07 Å². The molecule has 0 bridgehead atoms. The lowest BCUT2D eigenvalue weighted by molar-refractivity contribution is 0.152. The van der Waals surface area contributed by atoms with Gasteiger partial charge in [-0.15, -0.1) is 0 Å². The number of nitrogens with two attached hydrogens (primary N) is 1. The summed E-state index contributed by atoms with van der Waals surface area (Å²) < 4.78 is 5.54. The molecule has 1 aliphatic rings. The Balaban J connectivity index is 2.12. The number of nitrogens with zero attached hydrogens (tertiary/aromatic N) is 1. The van der Waals surface area contributed by atoms with E-state index >= 15 is 0 Å². The molecule has 3 heteroatoms. The molecule has 0 amide bonds. The van der Waals surface area contributed by atoms with Gasteiger partial charge >= 0.3 is 0 Å². The summed E-state index contributed by atoms with van der Waals surface area (Å²) >= 11 is 0. The van der Waals surface area contributed by atoms with Crippen LogP contribution in [0.4, 0.5) is 0 Å². The molecule has 1 aliphatic heterocycles. The molecule has 0 spiro atoms. The van der Waals surface area contributed by atoms with Crippen LogP contribution in [0, 0.1) is 0 Å². The summed E-state index contributed by atoms with van der Waals surface area (Å²) in [6.07, 6.45) is 3.98. The number of rotatable bonds is 3. The largest absolute Gasteiger partial charge is 0.469 e. The van der Waals surface area contributed by atoms with Crippen LogP contribution < -0.4 is 5.73 Å². The fraction of sp³-hybridized carbons (Fsp3) is 0.667. The predicted molar refractivity (Wildman–Crippen MR) is 60.8 cm³/mol. The Morgan fingerprint density at radius 1 is 1.47 bits per heavy atom. The first kappa shape index (κ1) is 10.7. The Morgan fingerprint density at radius 3 is 2.67 bits per heavy atom. The first-order valence-electron chi connectivity index (χ1n) is 5.77. The highest BCUT2D eigenvalue weighted by atomic mass is 16.3. The molecular weight excluding hydrogens is 188 g/mol. The van der Waals surface area contributed by atoms with Crippen molar-refractivity contribution >= 4 is 0 Å². The summed E-state index contributed by atoms with van der Waals surface area (Å²) in [6, 6.07) is 4.02. The third-order valence-electron chi connectivity index (χ3n) is 3.69. The second-order valence-corrected chi connectivity index (χ2v) is 4.40. The van der Waals surface area contributed by atoms with Crippen molar-refractivity contribution in [1.29, 1.82) is 0 Å². The molecule has 0 aromatic carbocycles. The van der Waals surface area contributed by atoms with Crippen molar-refractivity contribution < 1.29 is 4.42 Å². The number of hydrogen-bond donors (Lipinski definition) is 1. The first-order chi connectivity index (χ1) is 7.30. The average molecular weight is 208 g/mol. The van der Waals surface area contributed by atoms with E-state index < -0.39 is 0 Å². The average Bonchev–Trinajstić information content (AvgIpc) is 2.83. The Hall–Kier alpha value is -0.800. The van der Waals surface area contributed by atoms with E-state index in [4.69, 9.17) is 10.2 Å². The number of piperidine rings is 1. The molecule has 0 radical (unpaired) electrons. The minimum absolute atomic E-state index is 0.0924. The van der Waals surface area contributed by atoms with E-state index in [-0.39, 0.29) is 5.41 Å². The fourth-order valence-electron chi connectivity index (χ4n) is 2.43. The van der Waals surface area contributed by atoms with Crippen molar-refractivity contribution in [2.24, 2.45) is 5.73 Å². The molecule has 2 rings (SSSR count). The molecule has 1 aromatic heterocycles. The van der Waals surface area contributed by atoms with Crippen molar-refractivity contribution in [1.82, 2.24) is 4.90 Å². The van der Waals surface area contributed by atoms with Gasteiger partial charge in [0, 0.05) is 12.0 Å². The Bertz CT molecular complexity index is 287. The van der Waals surface area contributed by atoms with E-state index in [9.17, 15) is 0 Å². The maximum atomic E-state index is 5.94. The minimum atomic E-state index is 0.0924. The van der Waals surface area contributed by atoms with Crippen LogP contribution in [0.15, 0.2) is 22.8 Å². The van der Waals surface area contributed by atoms with Crippen LogP contribution in [-0.4, -0.2) is 31.1 Å². The van der Waals surface area contributed by atoms with Crippen molar-refractivity contribution in [2.75, 3.05) is 26.2 Å². The van der Waals surface area contributed by atoms with Gasteiger partial charge in [0.1, 0.15) is 5.76 Å². The zero-order chi connectivity index (χ0) is 10.7. The minimum Gasteiger partial charge on any atom is -0.469 e. The van der Waals surface area contributed by atoms with Gasteiger partial charge in [0.15, 0.2) is 0 Å². The summed E-state index contributed by atoms with van der Waals surface area (Å²) in [6.45, 7) is 6.31. The second-order valence-electron chi connectivity index (χ2n) is 4.40. The van der Waals surface area contributed by atoms with Gasteiger partial charge in [0.05, 0.1) is 6.26 Å². The van der Waals surface area contributed by atoms with Gasteiger partial charge in [-0.3, -0.25) is 0 Å². The molecule has 15 heavy (non-hydrogen) atoms. The second kappa shape index (κ2) is 4.37. The van der Waals surface area contributed by atoms with Crippen LogP contribution >= 0.6 is 0 Å². The van der Waals surface area contributed by atoms with Crippen LogP contribution in [0.5, 0.6) is 0 Å². The lowest BCUT2D eigenvalue weighted by Gasteiger charge is -2.39. The highest BCUT2D eigenvalue weighted by Gasteiger charge is 2.36. The summed E-state index contributed by atoms with van der Waals surface area (Å²) in [7, 11) is 0. The molecule has 1 aromatic rings. The van der Waals surface area contributed by atoms with Gasteiger partial charge in [0.25, 0.3) is 0 Å². The fourth-order valence-corrected chi connectivity index (χ4v) is 2.43. The van der Waals surface area contributed by atoms with E-state index in [2.05, 4.69) is 17.9 Å². The Morgan fingerprint density at radius 2 is 2.20 bits per heavy atom. The molecule has 1 saturated heterocycles. The van der Waals surface area contributed by atoms with Crippen molar-refractivity contribution in [3.05, 3.63) is 24.2 Å². The summed E-state index contributed by atoms with van der Waals surface area (Å²) in [4.78, 5) is 2.47. The Kier molecular flexibility index (Phi) is 3.12. The molecule has 1 fully saturated rings. The predicted octanol–water partition coefficient (Wildman–Crippen LogP) is 1.59. The van der Waals surface area contributed by atoms with Gasteiger partial charge in [-0.2, -0.15) is 0 Å². The molecule has 2 heterocycles. The van der Waals surface area contributed by atoms with Gasteiger partial charge < -0.3 is 15.1 Å². The quantitative estimate of drug-likeness (QED) is 0.820. The SMILES string of the molecule is CCN1CCC(CN)(c2ccco2)CC1. The van der Waals surface area contributed by atoms with Gasteiger partial charge in [-0.05, 0) is 44.6 Å². The highest BCUT2D eigenvalue weighted by Crippen LogP contribution is 2.34. The molecular formula is C12H20N2O. The Labute approximate surface area is 91.2 Å². The van der Waals surface area contributed by atoms with E-state index in [1.54, 1.807) is 6.26 Å². The van der Waals surface area contributed by atoms with Crippen molar-refractivity contribution in [3.63, 3.8) is 0 Å². The smallest absolute Gasteiger partial charge is 0.111 e. The third kappa shape index (κ3) is 1.94. The lowest BCUT2D eigenvalue weighted by atomic mass is 9.76. The van der Waals surface area contributed by atoms with Crippen LogP contribution in [0.1, 0.15) is 25.5 Å². The number of hydrogen-bond acceptors (Lipinski definition) is 3. The normalized spacial score (nSPS) is 21.7. The van der Waals surface area contributed by atoms with E-state index in [1.165, 1.54) is 0 Å². The molecule has 3 nitrogen and oxygen atoms in total. The van der Waals surface area contributed by atoms with Crippen LogP contribution in [0.25, 0.3) is 0 Å². The van der Waals surface area contributed by atoms with Gasteiger partial charge in [-0.1, -0.05) is 6.92 Å². The molecule has 84 valence electrons. The van der Waals surface area contributed by atoms with Crippen LogP contribution in [0.3, 0.4) is 0 Å². The molecule has 0 atom stereocenters. The summed E-state index contributed by atoms with van der Waals surface area (Å²) in [5.41, 5.74) is 6.03. The summed E-state index contributed by atoms with van der Waals surface area (Å²) in [5, 5.41) is 0. The maximum Gasteiger partial charge on any atom is 0.111 e. The summed E-state index contributed by atoms with van der Waals surface area (Å²) in [5.74, 6) is 1.07. The standard InChI is InChI=1S/C12H20N2O/c1-2-14-7-5-12(10-13,6-8-14)11-4-3-9-15-11/h3-4,9H,2,5-8,10,13H2,1H3. The van der Waals surface area contributed by atoms with E-state index in [0.717, 1.165) is 38.2 Å². The molecule has 2 N–H and O–H groups in total. The monoisotopic (exact) mass is 208 g/mol. The molecule has 0 saturated carbocycles. The zero-order valence-electron chi connectivity index (χ0n) is 9.41. The van der Waals surface area contributed by atoms with E-state index in [0.29, 0.717) is 6.54 Å². The molecule has 0 aliphatic carbocycles. The van der Waals surface area contributed by atoms with Crippen LogP contribution in [0.2, 0.25) is 0 Å². The highest BCUT2D eigenvalue weighted by molar-refractivity contribution is 5.16. The van der Waals surface area contributed by atoms with Gasteiger partial charge in [-0.25, -0.2) is 0 Å². The third-order valence-corrected chi connectivity index (χ3v) is 3.69. The first-order valence-corrected chi connectivity index (χ1v) is 5.77. The van der Waals surface area contributed by atoms with Gasteiger partial charge in [0.2, 0.25) is 0 Å². The van der Waals surface area contributed by atoms with Crippen molar-refractivity contribution in [3.8, 4) is 0 Å². The zero-order valence-corrected chi connectivity index (χ0v) is 9.41. The number of likely N-dealkylation sites (tertiary alicyclic amines) is 1. The van der Waals surface area contributed by atoms with Crippen LogP contribution in [-0.2, 0) is 5.41 Å². The topological polar surface area (TPSA) is 42.4 Å². The molecule has 0 unspecified atom stereocenters. The van der Waals surface area contributed by atoms with Crippen molar-refractivity contribution in [2.45, 2.75) is 25.2 Å².